The monoisotopic (exact) mass is 160 g/mol. The van der Waals surface area contributed by atoms with Crippen LogP contribution in [0.3, 0.4) is 0 Å². The molecule has 0 aromatic rings. The molecule has 0 heterocycles. The number of carboxylic acids is 2. The van der Waals surface area contributed by atoms with Crippen LogP contribution >= 0.6 is 0 Å². The SMILES string of the molecule is O.O.O.O=C([O-])C(=O)[O-].[NH4+]. The van der Waals surface area contributed by atoms with Gasteiger partial charge in [-0.1, -0.05) is 0 Å². The maximum Gasteiger partial charge on any atom is 0.0870 e. The van der Waals surface area contributed by atoms with Crippen LogP contribution in [0.2, 0.25) is 0 Å². The molecule has 0 spiro atoms. The maximum absolute atomic E-state index is 8.93. The van der Waals surface area contributed by atoms with Crippen LogP contribution in [0.15, 0.2) is 0 Å². The zero-order valence-corrected chi connectivity index (χ0v) is 5.13. The standard InChI is InChI=1S/C2H2O4.H3N.3H2O/c3-1(4)2(5)6;;;;/h(H,3,4)(H,5,6);1H3;3*1H2/p-1. The Bertz CT molecular complexity index is 77.6. The van der Waals surface area contributed by atoms with Crippen LogP contribution < -0.4 is 16.4 Å². The number of carbonyl (C=O) groups excluding carboxylic acids is 2. The largest absolute Gasteiger partial charge is 0.543 e. The quantitative estimate of drug-likeness (QED) is 0.343. The fourth-order valence-electron chi connectivity index (χ4n) is 0. The summed E-state index contributed by atoms with van der Waals surface area (Å²) >= 11 is 0. The molecule has 0 fully saturated rings. The summed E-state index contributed by atoms with van der Waals surface area (Å²) in [5.41, 5.74) is 0. The van der Waals surface area contributed by atoms with E-state index in [-0.39, 0.29) is 22.6 Å². The van der Waals surface area contributed by atoms with E-state index in [1.807, 2.05) is 0 Å². The molecule has 0 bridgehead atoms. The van der Waals surface area contributed by atoms with Gasteiger partial charge in [0.1, 0.15) is 0 Å². The van der Waals surface area contributed by atoms with E-state index in [1.165, 1.54) is 0 Å². The number of hydrogen-bond donors (Lipinski definition) is 1. The number of rotatable bonds is 0. The van der Waals surface area contributed by atoms with Gasteiger partial charge in [0, 0.05) is 0 Å². The lowest BCUT2D eigenvalue weighted by atomic mass is 10.7. The average Bonchev–Trinajstić information content (AvgIpc) is 1.36. The van der Waals surface area contributed by atoms with Gasteiger partial charge in [-0.05, 0) is 0 Å². The van der Waals surface area contributed by atoms with Crippen LogP contribution in [0.4, 0.5) is 0 Å². The third-order valence-electron chi connectivity index (χ3n) is 0.167. The molecule has 0 atom stereocenters. The summed E-state index contributed by atoms with van der Waals surface area (Å²) in [6.07, 6.45) is 0. The topological polar surface area (TPSA) is 211 Å². The highest BCUT2D eigenvalue weighted by molar-refractivity contribution is 6.25. The second-order valence-corrected chi connectivity index (χ2v) is 0.575. The fourth-order valence-corrected chi connectivity index (χ4v) is 0. The second-order valence-electron chi connectivity index (χ2n) is 0.575. The number of carboxylic acid groups (broad SMARTS) is 2. The van der Waals surface area contributed by atoms with Gasteiger partial charge in [-0.15, -0.1) is 0 Å². The van der Waals surface area contributed by atoms with Gasteiger partial charge in [-0.3, -0.25) is 0 Å². The summed E-state index contributed by atoms with van der Waals surface area (Å²) in [7, 11) is 0. The van der Waals surface area contributed by atoms with Crippen molar-refractivity contribution in [3.8, 4) is 0 Å². The third kappa shape index (κ3) is 29.3. The van der Waals surface area contributed by atoms with Gasteiger partial charge < -0.3 is 42.4 Å². The Hall–Kier alpha value is -1.22. The number of carbonyl (C=O) groups is 2. The summed E-state index contributed by atoms with van der Waals surface area (Å²) in [6, 6.07) is 0. The van der Waals surface area contributed by atoms with E-state index in [0.29, 0.717) is 0 Å². The number of aliphatic carboxylic acids is 2. The predicted molar refractivity (Wildman–Crippen MR) is 26.8 cm³/mol. The molecular formula is C2H10NO7-. The zero-order valence-electron chi connectivity index (χ0n) is 5.13. The molecule has 0 unspecified atom stereocenters. The Kier molecular flexibility index (Phi) is 58.2. The molecule has 0 aliphatic heterocycles. The normalized spacial score (nSPS) is 4.40. The van der Waals surface area contributed by atoms with Crippen LogP contribution in [0, 0.1) is 0 Å². The van der Waals surface area contributed by atoms with Crippen molar-refractivity contribution >= 4 is 11.9 Å². The van der Waals surface area contributed by atoms with E-state index in [0.717, 1.165) is 0 Å². The highest BCUT2D eigenvalue weighted by Gasteiger charge is 1.74. The summed E-state index contributed by atoms with van der Waals surface area (Å²) in [5.74, 6) is -4.37. The molecule has 0 radical (unpaired) electrons. The van der Waals surface area contributed by atoms with Crippen LogP contribution in [-0.2, 0) is 9.59 Å². The first-order chi connectivity index (χ1) is 2.64. The van der Waals surface area contributed by atoms with E-state index in [1.54, 1.807) is 0 Å². The lowest BCUT2D eigenvalue weighted by Crippen LogP contribution is -2.42. The molecule has 66 valence electrons. The Morgan fingerprint density at radius 2 is 0.900 bits per heavy atom. The Labute approximate surface area is 55.6 Å². The lowest BCUT2D eigenvalue weighted by molar-refractivity contribution is -0.345. The van der Waals surface area contributed by atoms with Crippen molar-refractivity contribution in [3.05, 3.63) is 0 Å². The van der Waals surface area contributed by atoms with Crippen molar-refractivity contribution < 1.29 is 36.2 Å². The summed E-state index contributed by atoms with van der Waals surface area (Å²) in [6.45, 7) is 0. The van der Waals surface area contributed by atoms with Gasteiger partial charge in [-0.25, -0.2) is 0 Å². The Morgan fingerprint density at radius 1 is 0.800 bits per heavy atom. The molecule has 0 amide bonds. The van der Waals surface area contributed by atoms with Crippen LogP contribution in [0.5, 0.6) is 0 Å². The number of quaternary nitrogens is 1. The molecule has 0 saturated heterocycles. The van der Waals surface area contributed by atoms with E-state index in [9.17, 15) is 0 Å². The highest BCUT2D eigenvalue weighted by Crippen LogP contribution is 1.41. The van der Waals surface area contributed by atoms with Crippen molar-refractivity contribution in [1.29, 1.82) is 0 Å². The van der Waals surface area contributed by atoms with Gasteiger partial charge in [0.2, 0.25) is 0 Å². The van der Waals surface area contributed by atoms with E-state index >= 15 is 0 Å². The minimum Gasteiger partial charge on any atom is -0.543 e. The average molecular weight is 160 g/mol. The van der Waals surface area contributed by atoms with Gasteiger partial charge in [0.25, 0.3) is 0 Å². The van der Waals surface area contributed by atoms with E-state index < -0.39 is 11.9 Å². The van der Waals surface area contributed by atoms with Gasteiger partial charge in [0.15, 0.2) is 0 Å². The summed E-state index contributed by atoms with van der Waals surface area (Å²) in [5, 5.41) is 17.9. The van der Waals surface area contributed by atoms with Crippen molar-refractivity contribution in [3.63, 3.8) is 0 Å². The van der Waals surface area contributed by atoms with Crippen molar-refractivity contribution in [1.82, 2.24) is 6.15 Å². The van der Waals surface area contributed by atoms with Gasteiger partial charge >= 0.3 is 0 Å². The molecule has 0 aromatic carbocycles. The minimum absolute atomic E-state index is 0. The van der Waals surface area contributed by atoms with E-state index in [2.05, 4.69) is 0 Å². The molecule has 8 heteroatoms. The van der Waals surface area contributed by atoms with Crippen LogP contribution in [0.25, 0.3) is 0 Å². The smallest absolute Gasteiger partial charge is 0.0870 e. The molecular weight excluding hydrogens is 150 g/mol. The maximum atomic E-state index is 8.93. The molecule has 0 rings (SSSR count). The Balaban J connectivity index is -0.0000000208. The molecule has 0 aliphatic rings. The number of hydrogen-bond acceptors (Lipinski definition) is 4. The van der Waals surface area contributed by atoms with E-state index in [4.69, 9.17) is 19.8 Å². The summed E-state index contributed by atoms with van der Waals surface area (Å²) in [4.78, 5) is 17.9. The van der Waals surface area contributed by atoms with Crippen molar-refractivity contribution in [2.45, 2.75) is 0 Å². The second kappa shape index (κ2) is 15.7. The summed E-state index contributed by atoms with van der Waals surface area (Å²) < 4.78 is 0. The van der Waals surface area contributed by atoms with Gasteiger partial charge in [-0.2, -0.15) is 0 Å². The van der Waals surface area contributed by atoms with Crippen molar-refractivity contribution in [2.24, 2.45) is 0 Å². The lowest BCUT2D eigenvalue weighted by Gasteiger charge is -1.97. The molecule has 0 aliphatic carbocycles. The molecule has 10 heavy (non-hydrogen) atoms. The first-order valence-corrected chi connectivity index (χ1v) is 1.07. The van der Waals surface area contributed by atoms with Gasteiger partial charge in [0.05, 0.1) is 11.9 Å². The predicted octanol–water partition coefficient (Wildman–Crippen LogP) is -5.61. The first kappa shape index (κ1) is 37.2. The molecule has 8 nitrogen and oxygen atoms in total. The van der Waals surface area contributed by atoms with Crippen molar-refractivity contribution in [2.75, 3.05) is 0 Å². The highest BCUT2D eigenvalue weighted by atomic mass is 16.4. The Morgan fingerprint density at radius 3 is 0.900 bits per heavy atom. The minimum atomic E-state index is -2.19. The molecule has 0 saturated carbocycles. The van der Waals surface area contributed by atoms with Crippen LogP contribution in [-0.4, -0.2) is 28.4 Å². The van der Waals surface area contributed by atoms with Crippen LogP contribution in [0.1, 0.15) is 0 Å². The third-order valence-corrected chi connectivity index (χ3v) is 0.167. The molecule has 10 N–H and O–H groups in total. The zero-order chi connectivity index (χ0) is 5.15. The molecule has 0 aromatic heterocycles. The first-order valence-electron chi connectivity index (χ1n) is 1.07. The fraction of sp³-hybridized carbons (Fsp3) is 0.